The number of halogens is 1. The van der Waals surface area contributed by atoms with Gasteiger partial charge in [0.25, 0.3) is 5.91 Å². The zero-order valence-corrected chi connectivity index (χ0v) is 11.9. The fourth-order valence-electron chi connectivity index (χ4n) is 1.99. The van der Waals surface area contributed by atoms with Crippen LogP contribution in [0.2, 0.25) is 0 Å². The van der Waals surface area contributed by atoms with E-state index in [1.54, 1.807) is 0 Å². The minimum atomic E-state index is -0.0758. The van der Waals surface area contributed by atoms with Crippen molar-refractivity contribution in [2.24, 2.45) is 0 Å². The Labute approximate surface area is 110 Å². The minimum absolute atomic E-state index is 0.0758. The van der Waals surface area contributed by atoms with Gasteiger partial charge in [0.2, 0.25) is 0 Å². The summed E-state index contributed by atoms with van der Waals surface area (Å²) < 4.78 is 2.83. The highest BCUT2D eigenvalue weighted by atomic mass is 79.9. The van der Waals surface area contributed by atoms with Crippen LogP contribution in [0.1, 0.15) is 49.3 Å². The molecule has 0 bridgehead atoms. The van der Waals surface area contributed by atoms with Crippen LogP contribution < -0.4 is 5.32 Å². The third-order valence-corrected chi connectivity index (χ3v) is 4.07. The first kappa shape index (κ1) is 12.6. The number of hydrogen-bond acceptors (Lipinski definition) is 2. The smallest absolute Gasteiger partial charge is 0.273 e. The quantitative estimate of drug-likeness (QED) is 0.932. The molecule has 1 atom stereocenters. The van der Waals surface area contributed by atoms with Gasteiger partial charge >= 0.3 is 0 Å². The Bertz CT molecular complexity index is 428. The normalized spacial score (nSPS) is 16.4. The molecule has 2 rings (SSSR count). The predicted molar refractivity (Wildman–Crippen MR) is 70.1 cm³/mol. The number of rotatable bonds is 3. The Morgan fingerprint density at radius 2 is 2.35 bits per heavy atom. The Hall–Kier alpha value is -0.840. The number of carbonyl (C=O) groups excluding carboxylic acids is 1. The van der Waals surface area contributed by atoms with Gasteiger partial charge in [-0.2, -0.15) is 5.10 Å². The zero-order chi connectivity index (χ0) is 12.4. The molecule has 1 N–H and O–H groups in total. The topological polar surface area (TPSA) is 46.9 Å². The molecule has 1 aliphatic rings. The van der Waals surface area contributed by atoms with Crippen LogP contribution in [0.25, 0.3) is 0 Å². The molecule has 1 amide bonds. The van der Waals surface area contributed by atoms with Gasteiger partial charge in [-0.1, -0.05) is 6.92 Å². The fourth-order valence-corrected chi connectivity index (χ4v) is 2.65. The van der Waals surface area contributed by atoms with Crippen molar-refractivity contribution in [1.82, 2.24) is 15.1 Å². The Kier molecular flexibility index (Phi) is 3.86. The molecule has 4 nitrogen and oxygen atoms in total. The summed E-state index contributed by atoms with van der Waals surface area (Å²) in [5.41, 5.74) is 1.69. The molecule has 0 saturated carbocycles. The van der Waals surface area contributed by atoms with E-state index in [2.05, 4.69) is 33.3 Å². The van der Waals surface area contributed by atoms with Gasteiger partial charge in [0.15, 0.2) is 5.69 Å². The summed E-state index contributed by atoms with van der Waals surface area (Å²) in [6, 6.07) is 0.188. The van der Waals surface area contributed by atoms with Gasteiger partial charge in [-0.05, 0) is 48.5 Å². The van der Waals surface area contributed by atoms with Gasteiger partial charge in [0.05, 0.1) is 10.2 Å². The summed E-state index contributed by atoms with van der Waals surface area (Å²) in [6.45, 7) is 4.98. The third kappa shape index (κ3) is 2.54. The summed E-state index contributed by atoms with van der Waals surface area (Å²) in [7, 11) is 0. The number of carbonyl (C=O) groups is 1. The van der Waals surface area contributed by atoms with Crippen molar-refractivity contribution in [3.05, 3.63) is 15.9 Å². The highest BCUT2D eigenvalue weighted by Crippen LogP contribution is 2.26. The van der Waals surface area contributed by atoms with Crippen molar-refractivity contribution in [3.8, 4) is 0 Å². The molecule has 1 unspecified atom stereocenters. The molecule has 1 aromatic heterocycles. The van der Waals surface area contributed by atoms with Gasteiger partial charge < -0.3 is 5.32 Å². The first-order valence-corrected chi connectivity index (χ1v) is 6.98. The molecule has 2 heterocycles. The minimum Gasteiger partial charge on any atom is -0.348 e. The van der Waals surface area contributed by atoms with E-state index in [1.165, 1.54) is 6.42 Å². The molecule has 1 aliphatic heterocycles. The van der Waals surface area contributed by atoms with Crippen LogP contribution in [0.3, 0.4) is 0 Å². The number of nitrogens with one attached hydrogen (secondary N) is 1. The molecule has 0 aliphatic carbocycles. The van der Waals surface area contributed by atoms with Crippen LogP contribution >= 0.6 is 15.9 Å². The molecule has 1 aromatic rings. The Balaban J connectivity index is 2.21. The molecular formula is C12H18BrN3O. The van der Waals surface area contributed by atoms with E-state index >= 15 is 0 Å². The summed E-state index contributed by atoms with van der Waals surface area (Å²) >= 11 is 3.51. The maximum absolute atomic E-state index is 12.0. The second-order valence-electron chi connectivity index (χ2n) is 4.57. The lowest BCUT2D eigenvalue weighted by Gasteiger charge is -2.12. The number of nitrogens with zero attached hydrogens (tertiary/aromatic N) is 2. The molecule has 5 heteroatoms. The van der Waals surface area contributed by atoms with Crippen LogP contribution in [-0.2, 0) is 13.0 Å². The van der Waals surface area contributed by atoms with Crippen LogP contribution in [0.15, 0.2) is 4.47 Å². The van der Waals surface area contributed by atoms with Gasteiger partial charge in [-0.3, -0.25) is 9.48 Å². The predicted octanol–water partition coefficient (Wildman–Crippen LogP) is 2.51. The Morgan fingerprint density at radius 3 is 3.00 bits per heavy atom. The highest BCUT2D eigenvalue weighted by molar-refractivity contribution is 9.10. The first-order chi connectivity index (χ1) is 8.13. The van der Waals surface area contributed by atoms with Crippen molar-refractivity contribution in [2.75, 3.05) is 0 Å². The van der Waals surface area contributed by atoms with Crippen molar-refractivity contribution in [1.29, 1.82) is 0 Å². The molecular weight excluding hydrogens is 282 g/mol. The van der Waals surface area contributed by atoms with Gasteiger partial charge in [0, 0.05) is 12.6 Å². The summed E-state index contributed by atoms with van der Waals surface area (Å²) in [5.74, 6) is -0.0758. The zero-order valence-electron chi connectivity index (χ0n) is 10.3. The summed E-state index contributed by atoms with van der Waals surface area (Å²) in [6.07, 6.45) is 4.26. The first-order valence-electron chi connectivity index (χ1n) is 6.19. The standard InChI is InChI=1S/C12H18BrN3O/c1-3-8(2)14-12(17)11-10(13)9-6-4-5-7-16(9)15-11/h8H,3-7H2,1-2H3,(H,14,17). The van der Waals surface area contributed by atoms with Gasteiger partial charge in [-0.25, -0.2) is 0 Å². The van der Waals surface area contributed by atoms with E-state index in [-0.39, 0.29) is 11.9 Å². The number of aromatic nitrogens is 2. The fraction of sp³-hybridized carbons (Fsp3) is 0.667. The lowest BCUT2D eigenvalue weighted by Crippen LogP contribution is -2.32. The van der Waals surface area contributed by atoms with Crippen LogP contribution in [0.5, 0.6) is 0 Å². The molecule has 0 aromatic carbocycles. The van der Waals surface area contributed by atoms with E-state index in [9.17, 15) is 4.79 Å². The number of amides is 1. The van der Waals surface area contributed by atoms with Crippen molar-refractivity contribution < 1.29 is 4.79 Å². The lowest BCUT2D eigenvalue weighted by molar-refractivity contribution is 0.0932. The molecule has 0 fully saturated rings. The van der Waals surface area contributed by atoms with Crippen LogP contribution in [0.4, 0.5) is 0 Å². The second kappa shape index (κ2) is 5.21. The average molecular weight is 300 g/mol. The molecule has 0 spiro atoms. The SMILES string of the molecule is CCC(C)NC(=O)c1nn2c(c1Br)CCCC2. The molecule has 0 radical (unpaired) electrons. The highest BCUT2D eigenvalue weighted by Gasteiger charge is 2.23. The monoisotopic (exact) mass is 299 g/mol. The van der Waals surface area contributed by atoms with E-state index in [0.717, 1.165) is 36.0 Å². The van der Waals surface area contributed by atoms with E-state index in [0.29, 0.717) is 5.69 Å². The van der Waals surface area contributed by atoms with Crippen molar-refractivity contribution in [3.63, 3.8) is 0 Å². The largest absolute Gasteiger partial charge is 0.348 e. The van der Waals surface area contributed by atoms with Crippen molar-refractivity contribution in [2.45, 2.75) is 52.1 Å². The van der Waals surface area contributed by atoms with Crippen LogP contribution in [-0.4, -0.2) is 21.7 Å². The van der Waals surface area contributed by atoms with E-state index < -0.39 is 0 Å². The van der Waals surface area contributed by atoms with Gasteiger partial charge in [-0.15, -0.1) is 0 Å². The van der Waals surface area contributed by atoms with Crippen molar-refractivity contribution >= 4 is 21.8 Å². The molecule has 0 saturated heterocycles. The average Bonchev–Trinajstić information content (AvgIpc) is 2.67. The third-order valence-electron chi connectivity index (χ3n) is 3.23. The Morgan fingerprint density at radius 1 is 1.59 bits per heavy atom. The maximum atomic E-state index is 12.0. The number of hydrogen-bond donors (Lipinski definition) is 1. The second-order valence-corrected chi connectivity index (χ2v) is 5.37. The lowest BCUT2D eigenvalue weighted by atomic mass is 10.1. The summed E-state index contributed by atoms with van der Waals surface area (Å²) in [5, 5.41) is 7.35. The molecule has 17 heavy (non-hydrogen) atoms. The van der Waals surface area contributed by atoms with E-state index in [1.807, 2.05) is 11.6 Å². The van der Waals surface area contributed by atoms with Crippen LogP contribution in [0, 0.1) is 0 Å². The van der Waals surface area contributed by atoms with E-state index in [4.69, 9.17) is 0 Å². The number of fused-ring (bicyclic) bond motifs is 1. The molecule has 94 valence electrons. The van der Waals surface area contributed by atoms with Gasteiger partial charge in [0.1, 0.15) is 0 Å². The summed E-state index contributed by atoms with van der Waals surface area (Å²) in [4.78, 5) is 12.0. The number of aryl methyl sites for hydroxylation is 1. The maximum Gasteiger partial charge on any atom is 0.273 e.